The van der Waals surface area contributed by atoms with E-state index < -0.39 is 0 Å². The summed E-state index contributed by atoms with van der Waals surface area (Å²) in [5.41, 5.74) is 6.09. The van der Waals surface area contributed by atoms with E-state index >= 15 is 0 Å². The van der Waals surface area contributed by atoms with Crippen LogP contribution in [0.25, 0.3) is 0 Å². The van der Waals surface area contributed by atoms with Gasteiger partial charge in [0.1, 0.15) is 0 Å². The molecule has 0 aliphatic heterocycles. The highest BCUT2D eigenvalue weighted by Gasteiger charge is 2.57. The summed E-state index contributed by atoms with van der Waals surface area (Å²) < 4.78 is 0. The van der Waals surface area contributed by atoms with Crippen molar-refractivity contribution >= 4 is 0 Å². The Morgan fingerprint density at radius 2 is 1.70 bits per heavy atom. The summed E-state index contributed by atoms with van der Waals surface area (Å²) in [7, 11) is 0. The zero-order valence-electron chi connectivity index (χ0n) is 21.0. The third-order valence-corrected chi connectivity index (χ3v) is 10.6. The molecule has 6 atom stereocenters. The number of allylic oxidation sites excluding steroid dienone is 4. The van der Waals surface area contributed by atoms with Crippen molar-refractivity contribution < 1.29 is 5.11 Å². The van der Waals surface area contributed by atoms with E-state index in [1.807, 2.05) is 0 Å². The van der Waals surface area contributed by atoms with Crippen molar-refractivity contribution in [2.75, 3.05) is 0 Å². The van der Waals surface area contributed by atoms with E-state index in [0.29, 0.717) is 16.7 Å². The molecule has 0 heterocycles. The van der Waals surface area contributed by atoms with Crippen LogP contribution in [-0.4, -0.2) is 11.2 Å². The van der Waals surface area contributed by atoms with Crippen molar-refractivity contribution in [3.63, 3.8) is 0 Å². The molecule has 0 aromatic heterocycles. The molecule has 30 heavy (non-hydrogen) atoms. The Hall–Kier alpha value is -0.560. The summed E-state index contributed by atoms with van der Waals surface area (Å²) in [4.78, 5) is 0. The fraction of sp³-hybridized carbons (Fsp3) is 0.862. The van der Waals surface area contributed by atoms with Gasteiger partial charge >= 0.3 is 0 Å². The minimum Gasteiger partial charge on any atom is -0.393 e. The van der Waals surface area contributed by atoms with Crippen molar-refractivity contribution in [3.05, 3.63) is 22.8 Å². The molecule has 4 aliphatic rings. The highest BCUT2D eigenvalue weighted by atomic mass is 16.3. The van der Waals surface area contributed by atoms with Crippen LogP contribution in [-0.2, 0) is 0 Å². The average Bonchev–Trinajstić information content (AvgIpc) is 3.02. The first-order valence-corrected chi connectivity index (χ1v) is 13.1. The standard InChI is InChI=1S/C29H48O/c1-19(2)9-8-10-20(3)22-12-13-23-21-11-14-25-27(4,5)26(30)16-18-29(25,7)24(21)15-17-28(22,23)6/h13,19-20,22,25-26,30H,8-12,14-18H2,1-7H3/t20?,22-,25+,26+,28-,29-/m1/s1. The second kappa shape index (κ2) is 7.79. The predicted molar refractivity (Wildman–Crippen MR) is 128 cm³/mol. The largest absolute Gasteiger partial charge is 0.393 e. The lowest BCUT2D eigenvalue weighted by Gasteiger charge is -2.59. The van der Waals surface area contributed by atoms with Gasteiger partial charge in [-0.15, -0.1) is 0 Å². The van der Waals surface area contributed by atoms with Crippen molar-refractivity contribution in [1.82, 2.24) is 0 Å². The van der Waals surface area contributed by atoms with Crippen molar-refractivity contribution in [2.45, 2.75) is 119 Å². The van der Waals surface area contributed by atoms with Gasteiger partial charge < -0.3 is 5.11 Å². The molecule has 0 spiro atoms. The van der Waals surface area contributed by atoms with E-state index in [1.165, 1.54) is 57.8 Å². The Morgan fingerprint density at radius 3 is 2.40 bits per heavy atom. The third-order valence-electron chi connectivity index (χ3n) is 10.6. The first kappa shape index (κ1) is 22.6. The van der Waals surface area contributed by atoms with Crippen LogP contribution in [0, 0.1) is 39.9 Å². The number of fused-ring (bicyclic) bond motifs is 4. The van der Waals surface area contributed by atoms with E-state index in [4.69, 9.17) is 0 Å². The molecule has 4 rings (SSSR count). The van der Waals surface area contributed by atoms with E-state index in [2.05, 4.69) is 54.5 Å². The van der Waals surface area contributed by atoms with Crippen LogP contribution >= 0.6 is 0 Å². The second-order valence-corrected chi connectivity index (χ2v) is 13.0. The number of hydrogen-bond acceptors (Lipinski definition) is 1. The fourth-order valence-electron chi connectivity index (χ4n) is 8.63. The van der Waals surface area contributed by atoms with E-state index in [0.717, 1.165) is 24.2 Å². The quantitative estimate of drug-likeness (QED) is 0.483. The number of rotatable bonds is 5. The predicted octanol–water partition coefficient (Wildman–Crippen LogP) is 8.09. The van der Waals surface area contributed by atoms with Crippen molar-refractivity contribution in [1.29, 1.82) is 0 Å². The van der Waals surface area contributed by atoms with Gasteiger partial charge in [-0.25, -0.2) is 0 Å². The smallest absolute Gasteiger partial charge is 0.0594 e. The molecule has 4 aliphatic carbocycles. The minimum absolute atomic E-state index is 0.0454. The molecule has 1 saturated carbocycles. The maximum Gasteiger partial charge on any atom is 0.0594 e. The van der Waals surface area contributed by atoms with Gasteiger partial charge in [-0.1, -0.05) is 79.4 Å². The SMILES string of the molecule is CC(C)CCCC(C)[C@H]1CC=C2C3=C(CC[C@@]21C)[C@@]1(C)CC[C@H](O)C(C)(C)[C@@H]1CC3. The Balaban J connectivity index is 1.58. The minimum atomic E-state index is -0.131. The average molecular weight is 413 g/mol. The summed E-state index contributed by atoms with van der Waals surface area (Å²) in [6.07, 6.45) is 15.3. The van der Waals surface area contributed by atoms with Crippen molar-refractivity contribution in [3.8, 4) is 0 Å². The Labute approximate surface area is 186 Å². The zero-order valence-corrected chi connectivity index (χ0v) is 21.0. The van der Waals surface area contributed by atoms with Crippen LogP contribution in [0.2, 0.25) is 0 Å². The molecular weight excluding hydrogens is 364 g/mol. The van der Waals surface area contributed by atoms with Crippen molar-refractivity contribution in [2.24, 2.45) is 39.9 Å². The molecule has 1 heteroatoms. The van der Waals surface area contributed by atoms with Gasteiger partial charge in [0, 0.05) is 0 Å². The summed E-state index contributed by atoms with van der Waals surface area (Å²) in [6.45, 7) is 17.1. The van der Waals surface area contributed by atoms with E-state index in [-0.39, 0.29) is 11.5 Å². The molecule has 0 saturated heterocycles. The second-order valence-electron chi connectivity index (χ2n) is 13.0. The molecule has 170 valence electrons. The summed E-state index contributed by atoms with van der Waals surface area (Å²) in [5, 5.41) is 10.8. The van der Waals surface area contributed by atoms with Gasteiger partial charge in [0.05, 0.1) is 6.10 Å². The zero-order chi connectivity index (χ0) is 21.9. The highest BCUT2D eigenvalue weighted by molar-refractivity contribution is 5.49. The van der Waals surface area contributed by atoms with Crippen LogP contribution in [0.15, 0.2) is 22.8 Å². The molecule has 0 aromatic carbocycles. The maximum atomic E-state index is 10.8. The lowest BCUT2D eigenvalue weighted by molar-refractivity contribution is -0.0905. The normalized spacial score (nSPS) is 41.2. The molecule has 1 unspecified atom stereocenters. The fourth-order valence-corrected chi connectivity index (χ4v) is 8.63. The lowest BCUT2D eigenvalue weighted by Crippen LogP contribution is -2.53. The van der Waals surface area contributed by atoms with Gasteiger partial charge in [-0.05, 0) is 96.0 Å². The lowest BCUT2D eigenvalue weighted by atomic mass is 9.46. The molecule has 1 nitrogen and oxygen atoms in total. The van der Waals surface area contributed by atoms with Gasteiger partial charge in [0.25, 0.3) is 0 Å². The monoisotopic (exact) mass is 412 g/mol. The molecular formula is C29H48O. The van der Waals surface area contributed by atoms with Crippen LogP contribution in [0.1, 0.15) is 113 Å². The Kier molecular flexibility index (Phi) is 5.87. The molecule has 0 bridgehead atoms. The van der Waals surface area contributed by atoms with Gasteiger partial charge in [-0.2, -0.15) is 0 Å². The topological polar surface area (TPSA) is 20.2 Å². The van der Waals surface area contributed by atoms with Crippen LogP contribution < -0.4 is 0 Å². The molecule has 0 aromatic rings. The van der Waals surface area contributed by atoms with Crippen LogP contribution in [0.4, 0.5) is 0 Å². The summed E-state index contributed by atoms with van der Waals surface area (Å²) >= 11 is 0. The van der Waals surface area contributed by atoms with Gasteiger partial charge in [0.2, 0.25) is 0 Å². The number of hydrogen-bond donors (Lipinski definition) is 1. The molecule has 0 radical (unpaired) electrons. The molecule has 1 fully saturated rings. The summed E-state index contributed by atoms with van der Waals surface area (Å²) in [5.74, 6) is 3.13. The van der Waals surface area contributed by atoms with Gasteiger partial charge in [0.15, 0.2) is 0 Å². The number of aliphatic hydroxyl groups excluding tert-OH is 1. The molecule has 1 N–H and O–H groups in total. The Morgan fingerprint density at radius 1 is 0.967 bits per heavy atom. The van der Waals surface area contributed by atoms with Crippen LogP contribution in [0.5, 0.6) is 0 Å². The van der Waals surface area contributed by atoms with E-state index in [1.54, 1.807) is 16.7 Å². The number of aliphatic hydroxyl groups is 1. The van der Waals surface area contributed by atoms with Gasteiger partial charge in [-0.3, -0.25) is 0 Å². The molecule has 0 amide bonds. The Bertz CT molecular complexity index is 725. The first-order valence-electron chi connectivity index (χ1n) is 13.1. The van der Waals surface area contributed by atoms with Crippen LogP contribution in [0.3, 0.4) is 0 Å². The third kappa shape index (κ3) is 3.37. The summed E-state index contributed by atoms with van der Waals surface area (Å²) in [6, 6.07) is 0. The highest BCUT2D eigenvalue weighted by Crippen LogP contribution is 2.66. The van der Waals surface area contributed by atoms with E-state index in [9.17, 15) is 5.11 Å². The maximum absolute atomic E-state index is 10.8. The first-order chi connectivity index (χ1) is 14.0.